The van der Waals surface area contributed by atoms with Gasteiger partial charge in [0.05, 0.1) is 11.5 Å². The van der Waals surface area contributed by atoms with Gasteiger partial charge in [-0.15, -0.1) is 0 Å². The normalized spacial score (nSPS) is 18.6. The maximum atomic E-state index is 12.0. The molecule has 0 spiro atoms. The molecular weight excluding hydrogens is 380 g/mol. The number of carbonyl (C=O) groups excluding carboxylic acids is 3. The minimum atomic E-state index is -1.17. The molecule has 27 heavy (non-hydrogen) atoms. The minimum Gasteiger partial charge on any atom is -0.458 e. The highest BCUT2D eigenvalue weighted by Crippen LogP contribution is 2.23. The highest BCUT2D eigenvalue weighted by molar-refractivity contribution is 8.13. The van der Waals surface area contributed by atoms with Gasteiger partial charge < -0.3 is 19.5 Å². The van der Waals surface area contributed by atoms with E-state index in [1.54, 1.807) is 6.92 Å². The summed E-state index contributed by atoms with van der Waals surface area (Å²) < 4.78 is 14.3. The predicted octanol–water partition coefficient (Wildman–Crippen LogP) is 2.39. The van der Waals surface area contributed by atoms with Gasteiger partial charge in [0.15, 0.2) is 0 Å². The first-order valence-corrected chi connectivity index (χ1v) is 8.95. The largest absolute Gasteiger partial charge is 0.516 e. The van der Waals surface area contributed by atoms with Crippen molar-refractivity contribution in [1.29, 1.82) is 0 Å². The molecule has 1 heterocycles. The first kappa shape index (κ1) is 20.6. The number of rotatable bonds is 6. The van der Waals surface area contributed by atoms with E-state index in [2.05, 4.69) is 10.1 Å². The van der Waals surface area contributed by atoms with Crippen molar-refractivity contribution in [3.05, 3.63) is 39.9 Å². The predicted molar refractivity (Wildman–Crippen MR) is 94.2 cm³/mol. The number of nitro benzene ring substituents is 1. The molecule has 0 amide bonds. The zero-order chi connectivity index (χ0) is 19.8. The summed E-state index contributed by atoms with van der Waals surface area (Å²) in [4.78, 5) is 45.0. The highest BCUT2D eigenvalue weighted by atomic mass is 32.2. The Labute approximate surface area is 158 Å². The molecular formula is C16H18N2O8S. The average molecular weight is 398 g/mol. The Kier molecular flexibility index (Phi) is 7.55. The summed E-state index contributed by atoms with van der Waals surface area (Å²) in [5, 5.41) is 12.9. The number of thioether (sulfide) groups is 1. The summed E-state index contributed by atoms with van der Waals surface area (Å²) in [7, 11) is 0. The number of nitrogens with zero attached hydrogens (tertiary/aromatic N) is 1. The Bertz CT molecular complexity index is 709. The van der Waals surface area contributed by atoms with Crippen molar-refractivity contribution in [3.8, 4) is 0 Å². The summed E-state index contributed by atoms with van der Waals surface area (Å²) in [5.74, 6) is -0.796. The first-order chi connectivity index (χ1) is 12.9. The molecule has 0 bridgehead atoms. The monoisotopic (exact) mass is 398 g/mol. The third-order valence-electron chi connectivity index (χ3n) is 3.59. The molecule has 1 aliphatic rings. The molecule has 2 rings (SSSR count). The van der Waals surface area contributed by atoms with E-state index in [1.165, 1.54) is 24.3 Å². The maximum absolute atomic E-state index is 12.0. The van der Waals surface area contributed by atoms with Crippen molar-refractivity contribution >= 4 is 34.9 Å². The Morgan fingerprint density at radius 3 is 2.59 bits per heavy atom. The maximum Gasteiger partial charge on any atom is 0.516 e. The molecule has 0 aliphatic carbocycles. The average Bonchev–Trinajstić information content (AvgIpc) is 3.09. The van der Waals surface area contributed by atoms with Gasteiger partial charge in [0.1, 0.15) is 12.6 Å². The molecule has 0 saturated carbocycles. The van der Waals surface area contributed by atoms with Crippen molar-refractivity contribution in [2.75, 3.05) is 13.2 Å². The molecule has 11 heteroatoms. The molecule has 1 aromatic carbocycles. The third kappa shape index (κ3) is 6.53. The van der Waals surface area contributed by atoms with Crippen LogP contribution in [0.1, 0.15) is 18.9 Å². The number of non-ortho nitro benzene ring substituents is 1. The molecule has 0 aromatic heterocycles. The lowest BCUT2D eigenvalue weighted by Crippen LogP contribution is -2.33. The van der Waals surface area contributed by atoms with Gasteiger partial charge in [-0.2, -0.15) is 0 Å². The van der Waals surface area contributed by atoms with Gasteiger partial charge in [0.25, 0.3) is 5.69 Å². The van der Waals surface area contributed by atoms with E-state index in [1.807, 2.05) is 0 Å². The Hall–Kier alpha value is -2.66. The minimum absolute atomic E-state index is 0.0842. The van der Waals surface area contributed by atoms with Gasteiger partial charge in [0.2, 0.25) is 0 Å². The van der Waals surface area contributed by atoms with E-state index in [-0.39, 0.29) is 24.2 Å². The fourth-order valence-electron chi connectivity index (χ4n) is 2.30. The van der Waals surface area contributed by atoms with Gasteiger partial charge in [-0.25, -0.2) is 14.4 Å². The molecule has 146 valence electrons. The fraction of sp³-hybridized carbons (Fsp3) is 0.438. The Balaban J connectivity index is 1.73. The van der Waals surface area contributed by atoms with Gasteiger partial charge in [-0.3, -0.25) is 10.1 Å². The van der Waals surface area contributed by atoms with Crippen molar-refractivity contribution in [2.45, 2.75) is 31.2 Å². The van der Waals surface area contributed by atoms with Crippen LogP contribution in [0.15, 0.2) is 24.3 Å². The summed E-state index contributed by atoms with van der Waals surface area (Å²) in [6.45, 7) is 2.19. The van der Waals surface area contributed by atoms with Crippen LogP contribution in [0.3, 0.4) is 0 Å². The fourth-order valence-corrected chi connectivity index (χ4v) is 3.23. The van der Waals surface area contributed by atoms with Gasteiger partial charge >= 0.3 is 17.4 Å². The number of carbonyl (C=O) groups is 3. The lowest BCUT2D eigenvalue weighted by atomic mass is 10.2. The number of ether oxygens (including phenoxy) is 3. The zero-order valence-corrected chi connectivity index (χ0v) is 15.2. The van der Waals surface area contributed by atoms with Crippen LogP contribution in [0, 0.1) is 10.1 Å². The van der Waals surface area contributed by atoms with Gasteiger partial charge in [-0.1, -0.05) is 0 Å². The lowest BCUT2D eigenvalue weighted by molar-refractivity contribution is -0.384. The van der Waals surface area contributed by atoms with Crippen LogP contribution in [-0.2, 0) is 25.6 Å². The second-order valence-corrected chi connectivity index (χ2v) is 6.74. The van der Waals surface area contributed by atoms with Crippen LogP contribution in [-0.4, -0.2) is 46.8 Å². The van der Waals surface area contributed by atoms with Crippen LogP contribution in [0.4, 0.5) is 15.3 Å². The first-order valence-electron chi connectivity index (χ1n) is 8.07. The number of hydrogen-bond acceptors (Lipinski definition) is 10. The molecule has 1 saturated heterocycles. The summed E-state index contributed by atoms with van der Waals surface area (Å²) >= 11 is 0.987. The Morgan fingerprint density at radius 1 is 1.26 bits per heavy atom. The van der Waals surface area contributed by atoms with E-state index in [0.717, 1.165) is 11.8 Å². The number of hydrogen-bond donors (Lipinski definition) is 1. The molecule has 1 aromatic rings. The standard InChI is InChI=1S/C16H18N2O8S/c1-2-24-16(21)27-12-7-13(17-8-12)14(19)26-15(20)25-9-10-3-5-11(6-4-10)18(22)23/h3-6,12-13,17H,2,7-9H2,1H3/t12?,13-/m0/s1. The second-order valence-electron chi connectivity index (χ2n) is 5.50. The molecule has 10 nitrogen and oxygen atoms in total. The topological polar surface area (TPSA) is 134 Å². The highest BCUT2D eigenvalue weighted by Gasteiger charge is 2.34. The zero-order valence-electron chi connectivity index (χ0n) is 14.4. The van der Waals surface area contributed by atoms with Crippen LogP contribution in [0.5, 0.6) is 0 Å². The third-order valence-corrected chi connectivity index (χ3v) is 4.59. The van der Waals surface area contributed by atoms with E-state index < -0.39 is 28.4 Å². The van der Waals surface area contributed by atoms with Gasteiger partial charge in [0, 0.05) is 23.9 Å². The van der Waals surface area contributed by atoms with Crippen LogP contribution >= 0.6 is 11.8 Å². The lowest BCUT2D eigenvalue weighted by Gasteiger charge is -2.09. The van der Waals surface area contributed by atoms with Crippen molar-refractivity contribution < 1.29 is 33.5 Å². The van der Waals surface area contributed by atoms with Crippen LogP contribution in [0.2, 0.25) is 0 Å². The Morgan fingerprint density at radius 2 is 1.96 bits per heavy atom. The second kappa shape index (κ2) is 9.88. The van der Waals surface area contributed by atoms with E-state index in [0.29, 0.717) is 18.5 Å². The number of nitrogens with one attached hydrogen (secondary N) is 1. The van der Waals surface area contributed by atoms with Gasteiger partial charge in [-0.05, 0) is 42.8 Å². The van der Waals surface area contributed by atoms with Crippen molar-refractivity contribution in [3.63, 3.8) is 0 Å². The number of nitro groups is 1. The summed E-state index contributed by atoms with van der Waals surface area (Å²) in [6, 6.07) is 4.70. The SMILES string of the molecule is CCOC(=O)SC1CN[C@H](C(=O)OC(=O)OCc2ccc([N+](=O)[O-])cc2)C1. The molecule has 2 atom stereocenters. The molecule has 1 N–H and O–H groups in total. The quantitative estimate of drug-likeness (QED) is 0.329. The molecule has 1 fully saturated rings. The van der Waals surface area contributed by atoms with E-state index >= 15 is 0 Å². The summed E-state index contributed by atoms with van der Waals surface area (Å²) in [5.41, 5.74) is 0.425. The van der Waals surface area contributed by atoms with E-state index in [9.17, 15) is 24.5 Å². The van der Waals surface area contributed by atoms with Crippen LogP contribution < -0.4 is 5.32 Å². The van der Waals surface area contributed by atoms with Crippen LogP contribution in [0.25, 0.3) is 0 Å². The van der Waals surface area contributed by atoms with Crippen molar-refractivity contribution in [1.82, 2.24) is 5.32 Å². The number of benzene rings is 1. The molecule has 0 radical (unpaired) electrons. The van der Waals surface area contributed by atoms with Crippen molar-refractivity contribution in [2.24, 2.45) is 0 Å². The smallest absolute Gasteiger partial charge is 0.458 e. The number of esters is 1. The van der Waals surface area contributed by atoms with E-state index in [4.69, 9.17) is 9.47 Å². The molecule has 1 aliphatic heterocycles. The molecule has 1 unspecified atom stereocenters. The summed E-state index contributed by atoms with van der Waals surface area (Å²) in [6.07, 6.45) is -0.848.